The number of nitrogens with two attached hydrogens (primary N) is 1. The van der Waals surface area contributed by atoms with Crippen molar-refractivity contribution < 1.29 is 36.9 Å². The fraction of sp³-hybridized carbons (Fsp3) is 0.357. The molecule has 0 radical (unpaired) electrons. The number of aliphatic hydroxyl groups excluding tert-OH is 1. The van der Waals surface area contributed by atoms with Crippen LogP contribution in [0.5, 0.6) is 11.5 Å². The Bertz CT molecular complexity index is 1310. The molecule has 39 heavy (non-hydrogen) atoms. The molecule has 0 aliphatic rings. The van der Waals surface area contributed by atoms with Crippen LogP contribution in [0.25, 0.3) is 11.3 Å². The monoisotopic (exact) mass is 549 g/mol. The number of aromatic nitrogens is 1. The van der Waals surface area contributed by atoms with Gasteiger partial charge in [0.15, 0.2) is 11.5 Å². The van der Waals surface area contributed by atoms with Gasteiger partial charge in [-0.1, -0.05) is 0 Å². The predicted octanol–water partition coefficient (Wildman–Crippen LogP) is 4.71. The molecule has 11 heteroatoms. The molecule has 210 valence electrons. The highest BCUT2D eigenvalue weighted by molar-refractivity contribution is 5.95. The summed E-state index contributed by atoms with van der Waals surface area (Å²) in [5.74, 6) is -0.826. The van der Waals surface area contributed by atoms with E-state index < -0.39 is 35.4 Å². The Hall–Kier alpha value is -3.70. The van der Waals surface area contributed by atoms with Crippen LogP contribution in [0, 0.1) is 5.82 Å². The lowest BCUT2D eigenvalue weighted by molar-refractivity contribution is -0.184. The topological polar surface area (TPSA) is 107 Å². The fourth-order valence-corrected chi connectivity index (χ4v) is 3.73. The smallest absolute Gasteiger partial charge is 0.401 e. The molecular formula is C28H31F4N3O4. The van der Waals surface area contributed by atoms with E-state index in [9.17, 15) is 22.4 Å². The van der Waals surface area contributed by atoms with Crippen molar-refractivity contribution in [3.63, 3.8) is 0 Å². The van der Waals surface area contributed by atoms with E-state index in [1.165, 1.54) is 55.6 Å². The van der Waals surface area contributed by atoms with Gasteiger partial charge in [-0.3, -0.25) is 9.78 Å². The Kier molecular flexibility index (Phi) is 8.87. The number of rotatable bonds is 10. The number of halogens is 4. The molecule has 1 amide bonds. The van der Waals surface area contributed by atoms with Crippen LogP contribution < -0.4 is 20.5 Å². The van der Waals surface area contributed by atoms with Crippen molar-refractivity contribution in [3.05, 3.63) is 77.2 Å². The molecule has 0 saturated carbocycles. The number of carbonyl (C=O) groups is 1. The zero-order valence-corrected chi connectivity index (χ0v) is 22.0. The van der Waals surface area contributed by atoms with E-state index in [4.69, 9.17) is 20.3 Å². The van der Waals surface area contributed by atoms with Crippen molar-refractivity contribution in [2.45, 2.75) is 37.9 Å². The zero-order valence-electron chi connectivity index (χ0n) is 22.0. The molecule has 1 unspecified atom stereocenters. The average Bonchev–Trinajstić information content (AvgIpc) is 2.89. The first-order valence-corrected chi connectivity index (χ1v) is 12.0. The molecule has 0 aliphatic heterocycles. The Morgan fingerprint density at radius 3 is 2.26 bits per heavy atom. The highest BCUT2D eigenvalue weighted by Crippen LogP contribution is 2.41. The molecule has 3 aromatic rings. The maximum absolute atomic E-state index is 14.6. The second kappa shape index (κ2) is 11.6. The standard InChI is InChI=1S/C28H31F4N3O4/c1-26(2,33)19-14-21(17-5-8-20(29)9-6-17)35-24(15-19)27(3,28(30,31)32)16-34-25(37)18-7-10-22(39-12-11-36)23(13-18)38-4/h5-10,13-15,36H,11-12,16,33H2,1-4H3,(H,34,37). The molecule has 2 aromatic carbocycles. The number of methoxy groups -OCH3 is 1. The Morgan fingerprint density at radius 2 is 1.69 bits per heavy atom. The van der Waals surface area contributed by atoms with E-state index in [1.54, 1.807) is 19.9 Å². The van der Waals surface area contributed by atoms with Gasteiger partial charge in [0.05, 0.1) is 25.1 Å². The van der Waals surface area contributed by atoms with Crippen LogP contribution in [0.1, 0.15) is 42.4 Å². The Morgan fingerprint density at radius 1 is 1.03 bits per heavy atom. The van der Waals surface area contributed by atoms with Crippen molar-refractivity contribution in [2.24, 2.45) is 5.73 Å². The van der Waals surface area contributed by atoms with Gasteiger partial charge in [-0.2, -0.15) is 13.2 Å². The molecule has 1 heterocycles. The number of amides is 1. The summed E-state index contributed by atoms with van der Waals surface area (Å²) in [6.07, 6.45) is -4.82. The zero-order chi connectivity index (χ0) is 29.0. The molecule has 0 bridgehead atoms. The van der Waals surface area contributed by atoms with E-state index in [2.05, 4.69) is 10.3 Å². The predicted molar refractivity (Wildman–Crippen MR) is 138 cm³/mol. The summed E-state index contributed by atoms with van der Waals surface area (Å²) >= 11 is 0. The highest BCUT2D eigenvalue weighted by Gasteiger charge is 2.54. The van der Waals surface area contributed by atoms with Crippen molar-refractivity contribution >= 4 is 5.91 Å². The van der Waals surface area contributed by atoms with Gasteiger partial charge in [-0.05, 0) is 80.9 Å². The van der Waals surface area contributed by atoms with Crippen LogP contribution in [0.2, 0.25) is 0 Å². The van der Waals surface area contributed by atoms with Crippen molar-refractivity contribution in [1.82, 2.24) is 10.3 Å². The molecule has 0 fully saturated rings. The minimum Gasteiger partial charge on any atom is -0.493 e. The quantitative estimate of drug-likeness (QED) is 0.316. The van der Waals surface area contributed by atoms with Crippen LogP contribution in [-0.2, 0) is 11.0 Å². The largest absolute Gasteiger partial charge is 0.493 e. The number of nitrogens with zero attached hydrogens (tertiary/aromatic N) is 1. The van der Waals surface area contributed by atoms with Crippen LogP contribution in [0.3, 0.4) is 0 Å². The number of alkyl halides is 3. The van der Waals surface area contributed by atoms with Crippen LogP contribution in [-0.4, -0.2) is 49.0 Å². The van der Waals surface area contributed by atoms with E-state index in [-0.39, 0.29) is 41.7 Å². The van der Waals surface area contributed by atoms with E-state index >= 15 is 0 Å². The molecule has 3 rings (SSSR count). The Balaban J connectivity index is 2.00. The first kappa shape index (κ1) is 29.9. The molecule has 1 aromatic heterocycles. The minimum atomic E-state index is -4.82. The fourth-order valence-electron chi connectivity index (χ4n) is 3.73. The van der Waals surface area contributed by atoms with Crippen molar-refractivity contribution in [1.29, 1.82) is 0 Å². The molecule has 7 nitrogen and oxygen atoms in total. The Labute approximate surface area is 224 Å². The SMILES string of the molecule is COc1cc(C(=O)NCC(C)(c2cc(C(C)(C)N)cc(-c3ccc(F)cc3)n2)C(F)(F)F)ccc1OCCO. The average molecular weight is 550 g/mol. The summed E-state index contributed by atoms with van der Waals surface area (Å²) < 4.78 is 67.9. The van der Waals surface area contributed by atoms with Crippen molar-refractivity contribution in [3.8, 4) is 22.8 Å². The highest BCUT2D eigenvalue weighted by atomic mass is 19.4. The summed E-state index contributed by atoms with van der Waals surface area (Å²) in [6, 6.07) is 12.2. The first-order chi connectivity index (χ1) is 18.2. The summed E-state index contributed by atoms with van der Waals surface area (Å²) in [4.78, 5) is 17.2. The molecular weight excluding hydrogens is 518 g/mol. The number of ether oxygens (including phenoxy) is 2. The lowest BCUT2D eigenvalue weighted by Crippen LogP contribution is -2.49. The number of carbonyl (C=O) groups excluding carboxylic acids is 1. The van der Waals surface area contributed by atoms with Gasteiger partial charge in [0.25, 0.3) is 5.91 Å². The van der Waals surface area contributed by atoms with E-state index in [0.29, 0.717) is 11.1 Å². The normalized spacial score (nSPS) is 13.5. The molecule has 4 N–H and O–H groups in total. The maximum atomic E-state index is 14.6. The molecule has 0 aliphatic carbocycles. The third-order valence-corrected chi connectivity index (χ3v) is 6.28. The van der Waals surface area contributed by atoms with Crippen molar-refractivity contribution in [2.75, 3.05) is 26.9 Å². The van der Waals surface area contributed by atoms with Gasteiger partial charge in [0, 0.05) is 23.2 Å². The van der Waals surface area contributed by atoms with Crippen LogP contribution in [0.4, 0.5) is 17.6 Å². The lowest BCUT2D eigenvalue weighted by atomic mass is 9.82. The van der Waals surface area contributed by atoms with Crippen LogP contribution >= 0.6 is 0 Å². The summed E-state index contributed by atoms with van der Waals surface area (Å²) in [5.41, 5.74) is 3.30. The van der Waals surface area contributed by atoms with Gasteiger partial charge >= 0.3 is 6.18 Å². The van der Waals surface area contributed by atoms with E-state index in [0.717, 1.165) is 6.92 Å². The second-order valence-corrected chi connectivity index (χ2v) is 9.81. The summed E-state index contributed by atoms with van der Waals surface area (Å²) in [7, 11) is 1.35. The lowest BCUT2D eigenvalue weighted by Gasteiger charge is -2.33. The first-order valence-electron chi connectivity index (χ1n) is 12.0. The summed E-state index contributed by atoms with van der Waals surface area (Å²) in [5, 5.41) is 11.3. The minimum absolute atomic E-state index is 0.00256. The summed E-state index contributed by atoms with van der Waals surface area (Å²) in [6.45, 7) is 3.18. The number of nitrogens with one attached hydrogen (secondary N) is 1. The third kappa shape index (κ3) is 6.85. The third-order valence-electron chi connectivity index (χ3n) is 6.28. The molecule has 0 spiro atoms. The second-order valence-electron chi connectivity index (χ2n) is 9.81. The van der Waals surface area contributed by atoms with Crippen LogP contribution in [0.15, 0.2) is 54.6 Å². The van der Waals surface area contributed by atoms with Gasteiger partial charge in [-0.25, -0.2) is 4.39 Å². The number of hydrogen-bond donors (Lipinski definition) is 3. The molecule has 1 atom stereocenters. The van der Waals surface area contributed by atoms with E-state index in [1.807, 2.05) is 0 Å². The van der Waals surface area contributed by atoms with Gasteiger partial charge < -0.3 is 25.6 Å². The number of aliphatic hydroxyl groups is 1. The molecule has 0 saturated heterocycles. The number of hydrogen-bond acceptors (Lipinski definition) is 6. The number of pyridine rings is 1. The van der Waals surface area contributed by atoms with Gasteiger partial charge in [0.2, 0.25) is 0 Å². The van der Waals surface area contributed by atoms with Gasteiger partial charge in [-0.15, -0.1) is 0 Å². The maximum Gasteiger partial charge on any atom is 0.401 e. The van der Waals surface area contributed by atoms with Gasteiger partial charge in [0.1, 0.15) is 17.8 Å². The number of benzene rings is 2.